The van der Waals surface area contributed by atoms with Crippen LogP contribution >= 0.6 is 0 Å². The molecule has 5 nitrogen and oxygen atoms in total. The van der Waals surface area contributed by atoms with Crippen molar-refractivity contribution in [3.63, 3.8) is 0 Å². The molecule has 5 heteroatoms. The summed E-state index contributed by atoms with van der Waals surface area (Å²) < 4.78 is 6.90. The van der Waals surface area contributed by atoms with E-state index in [9.17, 15) is 0 Å². The van der Waals surface area contributed by atoms with Crippen LogP contribution < -0.4 is 5.32 Å². The third-order valence-corrected chi connectivity index (χ3v) is 2.35. The van der Waals surface area contributed by atoms with Gasteiger partial charge in [0.2, 0.25) is 0 Å². The summed E-state index contributed by atoms with van der Waals surface area (Å²) in [5.41, 5.74) is 0.101. The summed E-state index contributed by atoms with van der Waals surface area (Å²) >= 11 is 0. The molecule has 1 aromatic rings. The highest BCUT2D eigenvalue weighted by Gasteiger charge is 2.10. The molecule has 0 radical (unpaired) electrons. The zero-order valence-electron chi connectivity index (χ0n) is 11.4. The summed E-state index contributed by atoms with van der Waals surface area (Å²) in [6.45, 7) is 8.84. The lowest BCUT2D eigenvalue weighted by molar-refractivity contribution is 0.191. The number of hydrogen-bond donors (Lipinski definition) is 1. The molecule has 0 aromatic carbocycles. The highest BCUT2D eigenvalue weighted by molar-refractivity contribution is 4.83. The highest BCUT2D eigenvalue weighted by Crippen LogP contribution is 2.01. The number of hydrogen-bond acceptors (Lipinski definition) is 4. The molecule has 0 unspecified atom stereocenters. The lowest BCUT2D eigenvalue weighted by atomic mass is 10.1. The van der Waals surface area contributed by atoms with E-state index in [1.165, 1.54) is 0 Å². The fourth-order valence-corrected chi connectivity index (χ4v) is 1.39. The van der Waals surface area contributed by atoms with Crippen LogP contribution in [0.5, 0.6) is 0 Å². The van der Waals surface area contributed by atoms with E-state index in [1.807, 2.05) is 4.68 Å². The zero-order chi connectivity index (χ0) is 12.7. The van der Waals surface area contributed by atoms with Crippen molar-refractivity contribution >= 4 is 0 Å². The number of aryl methyl sites for hydroxylation is 1. The van der Waals surface area contributed by atoms with E-state index in [1.54, 1.807) is 13.4 Å². The minimum absolute atomic E-state index is 0.101. The van der Waals surface area contributed by atoms with Gasteiger partial charge >= 0.3 is 0 Å². The molecule has 98 valence electrons. The molecule has 1 N–H and O–H groups in total. The predicted molar refractivity (Wildman–Crippen MR) is 67.7 cm³/mol. The third kappa shape index (κ3) is 6.38. The first-order valence-corrected chi connectivity index (χ1v) is 6.13. The van der Waals surface area contributed by atoms with Crippen LogP contribution in [-0.4, -0.2) is 34.0 Å². The molecule has 0 fully saturated rings. The second-order valence-electron chi connectivity index (χ2n) is 5.23. The number of ether oxygens (including phenoxy) is 1. The van der Waals surface area contributed by atoms with Gasteiger partial charge in [-0.1, -0.05) is 0 Å². The van der Waals surface area contributed by atoms with Crippen LogP contribution in [0.25, 0.3) is 0 Å². The van der Waals surface area contributed by atoms with Crippen LogP contribution in [0, 0.1) is 0 Å². The van der Waals surface area contributed by atoms with Crippen LogP contribution in [0.4, 0.5) is 0 Å². The third-order valence-electron chi connectivity index (χ3n) is 2.35. The van der Waals surface area contributed by atoms with E-state index >= 15 is 0 Å². The summed E-state index contributed by atoms with van der Waals surface area (Å²) in [4.78, 5) is 4.28. The number of methoxy groups -OCH3 is 1. The lowest BCUT2D eigenvalue weighted by Gasteiger charge is -2.19. The minimum atomic E-state index is 0.101. The fourth-order valence-electron chi connectivity index (χ4n) is 1.39. The largest absolute Gasteiger partial charge is 0.385 e. The van der Waals surface area contributed by atoms with Crippen molar-refractivity contribution in [2.24, 2.45) is 0 Å². The Morgan fingerprint density at radius 3 is 2.76 bits per heavy atom. The first kappa shape index (κ1) is 14.1. The Labute approximate surface area is 104 Å². The zero-order valence-corrected chi connectivity index (χ0v) is 11.4. The number of nitrogens with zero attached hydrogens (tertiary/aromatic N) is 3. The lowest BCUT2D eigenvalue weighted by Crippen LogP contribution is -2.35. The molecule has 1 rings (SSSR count). The van der Waals surface area contributed by atoms with Gasteiger partial charge in [-0.2, -0.15) is 5.10 Å². The second kappa shape index (κ2) is 6.71. The van der Waals surface area contributed by atoms with Gasteiger partial charge in [0.25, 0.3) is 0 Å². The molecule has 0 saturated carbocycles. The molecule has 0 saturated heterocycles. The molecule has 1 heterocycles. The first-order valence-electron chi connectivity index (χ1n) is 6.13. The summed E-state index contributed by atoms with van der Waals surface area (Å²) in [5.74, 6) is 0.853. The van der Waals surface area contributed by atoms with Gasteiger partial charge in [0.15, 0.2) is 5.82 Å². The van der Waals surface area contributed by atoms with Crippen LogP contribution in [0.15, 0.2) is 6.33 Å². The van der Waals surface area contributed by atoms with Crippen molar-refractivity contribution in [1.82, 2.24) is 20.1 Å². The number of unbranched alkanes of at least 4 members (excludes halogenated alkanes) is 1. The maximum Gasteiger partial charge on any atom is 0.164 e. The van der Waals surface area contributed by atoms with Crippen molar-refractivity contribution in [2.45, 2.75) is 52.2 Å². The standard InChI is InChI=1S/C12H24N4O/c1-12(2,3)14-9-11-13-10-16(15-11)7-5-6-8-17-4/h10,14H,5-9H2,1-4H3. The molecule has 0 aliphatic carbocycles. The first-order chi connectivity index (χ1) is 8.01. The van der Waals surface area contributed by atoms with E-state index in [0.29, 0.717) is 6.54 Å². The molecular formula is C12H24N4O. The van der Waals surface area contributed by atoms with Crippen LogP contribution in [-0.2, 0) is 17.8 Å². The monoisotopic (exact) mass is 240 g/mol. The minimum Gasteiger partial charge on any atom is -0.385 e. The Kier molecular flexibility index (Phi) is 5.58. The average molecular weight is 240 g/mol. The van der Waals surface area contributed by atoms with Crippen molar-refractivity contribution in [3.8, 4) is 0 Å². The topological polar surface area (TPSA) is 52.0 Å². The molecule has 17 heavy (non-hydrogen) atoms. The van der Waals surface area contributed by atoms with Crippen LogP contribution in [0.1, 0.15) is 39.4 Å². The van der Waals surface area contributed by atoms with Gasteiger partial charge in [0.1, 0.15) is 6.33 Å². The molecule has 0 aliphatic rings. The van der Waals surface area contributed by atoms with E-state index in [4.69, 9.17) is 4.74 Å². The summed E-state index contributed by atoms with van der Waals surface area (Å²) in [6, 6.07) is 0. The van der Waals surface area contributed by atoms with Gasteiger partial charge in [-0.15, -0.1) is 0 Å². The highest BCUT2D eigenvalue weighted by atomic mass is 16.5. The van der Waals surface area contributed by atoms with Gasteiger partial charge < -0.3 is 10.1 Å². The fraction of sp³-hybridized carbons (Fsp3) is 0.833. The Hall–Kier alpha value is -0.940. The van der Waals surface area contributed by atoms with E-state index < -0.39 is 0 Å². The number of rotatable bonds is 7. The van der Waals surface area contributed by atoms with Crippen LogP contribution in [0.2, 0.25) is 0 Å². The molecule has 0 amide bonds. The van der Waals surface area contributed by atoms with Gasteiger partial charge in [-0.25, -0.2) is 4.98 Å². The number of aromatic nitrogens is 3. The van der Waals surface area contributed by atoms with E-state index in [-0.39, 0.29) is 5.54 Å². The quantitative estimate of drug-likeness (QED) is 0.735. The van der Waals surface area contributed by atoms with Crippen molar-refractivity contribution < 1.29 is 4.74 Å². The van der Waals surface area contributed by atoms with Crippen LogP contribution in [0.3, 0.4) is 0 Å². The average Bonchev–Trinajstić information content (AvgIpc) is 2.69. The number of nitrogens with one attached hydrogen (secondary N) is 1. The second-order valence-corrected chi connectivity index (χ2v) is 5.23. The Bertz CT molecular complexity index is 317. The maximum absolute atomic E-state index is 5.01. The molecular weight excluding hydrogens is 216 g/mol. The molecule has 0 spiro atoms. The van der Waals surface area contributed by atoms with E-state index in [2.05, 4.69) is 36.2 Å². The van der Waals surface area contributed by atoms with Crippen molar-refractivity contribution in [2.75, 3.05) is 13.7 Å². The molecule has 1 aromatic heterocycles. The van der Waals surface area contributed by atoms with Crippen molar-refractivity contribution in [3.05, 3.63) is 12.2 Å². The molecule has 0 aliphatic heterocycles. The van der Waals surface area contributed by atoms with Crippen molar-refractivity contribution in [1.29, 1.82) is 0 Å². The Morgan fingerprint density at radius 1 is 1.35 bits per heavy atom. The summed E-state index contributed by atoms with van der Waals surface area (Å²) in [5, 5.41) is 7.78. The van der Waals surface area contributed by atoms with Gasteiger partial charge in [-0.3, -0.25) is 4.68 Å². The molecule has 0 atom stereocenters. The van der Waals surface area contributed by atoms with Gasteiger partial charge in [0, 0.05) is 25.8 Å². The summed E-state index contributed by atoms with van der Waals surface area (Å²) in [7, 11) is 1.73. The van der Waals surface area contributed by atoms with Gasteiger partial charge in [-0.05, 0) is 33.6 Å². The smallest absolute Gasteiger partial charge is 0.164 e. The Morgan fingerprint density at radius 2 is 2.12 bits per heavy atom. The SMILES string of the molecule is COCCCCn1cnc(CNC(C)(C)C)n1. The predicted octanol–water partition coefficient (Wildman–Crippen LogP) is 1.59. The van der Waals surface area contributed by atoms with Gasteiger partial charge in [0.05, 0.1) is 6.54 Å². The normalized spacial score (nSPS) is 12.0. The summed E-state index contributed by atoms with van der Waals surface area (Å²) in [6.07, 6.45) is 3.93. The van der Waals surface area contributed by atoms with E-state index in [0.717, 1.165) is 31.8 Å². The maximum atomic E-state index is 5.01. The Balaban J connectivity index is 2.28. The molecule has 0 bridgehead atoms.